The second kappa shape index (κ2) is 11.9. The highest BCUT2D eigenvalue weighted by molar-refractivity contribution is 7.18. The molecule has 4 rings (SSSR count). The van der Waals surface area contributed by atoms with E-state index in [1.165, 1.54) is 11.3 Å². The SMILES string of the molecule is CCOc1ccccc1NC(=O)NC(Cc1ccccc1)C(=O)Nc1nnc(-c2ccc(C)cc2)s1. The van der Waals surface area contributed by atoms with E-state index in [-0.39, 0.29) is 0 Å². The Morgan fingerprint density at radius 3 is 2.39 bits per heavy atom. The van der Waals surface area contributed by atoms with Gasteiger partial charge in [-0.2, -0.15) is 0 Å². The highest BCUT2D eigenvalue weighted by Gasteiger charge is 2.23. The minimum absolute atomic E-state index is 0.302. The van der Waals surface area contributed by atoms with Crippen LogP contribution in [0.3, 0.4) is 0 Å². The Kier molecular flexibility index (Phi) is 8.25. The van der Waals surface area contributed by atoms with E-state index in [1.807, 2.05) is 74.5 Å². The summed E-state index contributed by atoms with van der Waals surface area (Å²) in [6, 6.07) is 23.2. The van der Waals surface area contributed by atoms with Gasteiger partial charge in [-0.25, -0.2) is 4.79 Å². The maximum absolute atomic E-state index is 13.2. The lowest BCUT2D eigenvalue weighted by Crippen LogP contribution is -2.47. The number of carbonyl (C=O) groups is 2. The molecule has 0 aliphatic carbocycles. The number of ether oxygens (including phenoxy) is 1. The van der Waals surface area contributed by atoms with Crippen molar-refractivity contribution in [1.29, 1.82) is 0 Å². The fourth-order valence-electron chi connectivity index (χ4n) is 3.51. The number of amides is 3. The van der Waals surface area contributed by atoms with E-state index in [4.69, 9.17) is 4.74 Å². The van der Waals surface area contributed by atoms with Crippen molar-refractivity contribution in [3.05, 3.63) is 90.0 Å². The molecule has 3 aromatic carbocycles. The number of para-hydroxylation sites is 2. The molecule has 9 heteroatoms. The summed E-state index contributed by atoms with van der Waals surface area (Å²) in [5.41, 5.74) is 3.49. The van der Waals surface area contributed by atoms with Gasteiger partial charge in [0.25, 0.3) is 0 Å². The zero-order valence-corrected chi connectivity index (χ0v) is 20.8. The van der Waals surface area contributed by atoms with E-state index in [0.717, 1.165) is 16.7 Å². The van der Waals surface area contributed by atoms with Crippen LogP contribution in [0.1, 0.15) is 18.1 Å². The molecule has 0 fully saturated rings. The van der Waals surface area contributed by atoms with Gasteiger partial charge >= 0.3 is 6.03 Å². The van der Waals surface area contributed by atoms with Gasteiger partial charge in [0.15, 0.2) is 0 Å². The van der Waals surface area contributed by atoms with Crippen LogP contribution in [-0.2, 0) is 11.2 Å². The zero-order valence-electron chi connectivity index (χ0n) is 20.0. The number of hydrogen-bond acceptors (Lipinski definition) is 6. The Labute approximate surface area is 213 Å². The van der Waals surface area contributed by atoms with Gasteiger partial charge in [0.1, 0.15) is 16.8 Å². The van der Waals surface area contributed by atoms with E-state index in [1.54, 1.807) is 18.2 Å². The minimum atomic E-state index is -0.849. The van der Waals surface area contributed by atoms with Crippen LogP contribution < -0.4 is 20.7 Å². The molecule has 0 radical (unpaired) electrons. The molecule has 4 aromatic rings. The molecule has 0 saturated heterocycles. The first-order valence-electron chi connectivity index (χ1n) is 11.6. The van der Waals surface area contributed by atoms with Crippen molar-refractivity contribution in [2.75, 3.05) is 17.2 Å². The number of hydrogen-bond donors (Lipinski definition) is 3. The number of carbonyl (C=O) groups excluding carboxylic acids is 2. The van der Waals surface area contributed by atoms with Crippen LogP contribution in [0.15, 0.2) is 78.9 Å². The molecular weight excluding hydrogens is 474 g/mol. The number of benzene rings is 3. The summed E-state index contributed by atoms with van der Waals surface area (Å²) in [6.45, 7) is 4.35. The smallest absolute Gasteiger partial charge is 0.320 e. The predicted octanol–water partition coefficient (Wildman–Crippen LogP) is 5.28. The van der Waals surface area contributed by atoms with Gasteiger partial charge in [-0.05, 0) is 31.5 Å². The lowest BCUT2D eigenvalue weighted by Gasteiger charge is -2.19. The molecule has 1 heterocycles. The monoisotopic (exact) mass is 501 g/mol. The molecular formula is C27H27N5O3S. The van der Waals surface area contributed by atoms with Crippen molar-refractivity contribution < 1.29 is 14.3 Å². The number of aromatic nitrogens is 2. The van der Waals surface area contributed by atoms with Gasteiger partial charge < -0.3 is 15.4 Å². The highest BCUT2D eigenvalue weighted by Crippen LogP contribution is 2.27. The molecule has 0 bridgehead atoms. The zero-order chi connectivity index (χ0) is 25.3. The largest absolute Gasteiger partial charge is 0.492 e. The maximum Gasteiger partial charge on any atom is 0.320 e. The standard InChI is InChI=1S/C27H27N5O3S/c1-3-35-23-12-8-7-11-21(23)28-26(34)29-22(17-19-9-5-4-6-10-19)24(33)30-27-32-31-25(36-27)20-15-13-18(2)14-16-20/h4-16,22H,3,17H2,1-2H3,(H2,28,29,34)(H,30,32,33). The quantitative estimate of drug-likeness (QED) is 0.289. The Balaban J connectivity index is 1.48. The average Bonchev–Trinajstić information content (AvgIpc) is 3.34. The number of urea groups is 1. The third kappa shape index (κ3) is 6.67. The summed E-state index contributed by atoms with van der Waals surface area (Å²) in [7, 11) is 0. The minimum Gasteiger partial charge on any atom is -0.492 e. The fourth-order valence-corrected chi connectivity index (χ4v) is 4.26. The number of anilines is 2. The first-order chi connectivity index (χ1) is 17.5. The third-order valence-corrected chi connectivity index (χ3v) is 6.18. The summed E-state index contributed by atoms with van der Waals surface area (Å²) >= 11 is 1.27. The van der Waals surface area contributed by atoms with Crippen molar-refractivity contribution in [2.45, 2.75) is 26.3 Å². The van der Waals surface area contributed by atoms with Crippen molar-refractivity contribution in [3.8, 4) is 16.3 Å². The number of aryl methyl sites for hydroxylation is 1. The molecule has 0 saturated carbocycles. The Hall–Kier alpha value is -4.24. The molecule has 1 unspecified atom stereocenters. The first kappa shape index (κ1) is 24.9. The van der Waals surface area contributed by atoms with Crippen molar-refractivity contribution in [2.24, 2.45) is 0 Å². The molecule has 0 spiro atoms. The molecule has 36 heavy (non-hydrogen) atoms. The Morgan fingerprint density at radius 2 is 1.64 bits per heavy atom. The second-order valence-corrected chi connectivity index (χ2v) is 9.02. The molecule has 0 aliphatic rings. The van der Waals surface area contributed by atoms with Gasteiger partial charge in [0, 0.05) is 12.0 Å². The number of nitrogens with zero attached hydrogens (tertiary/aromatic N) is 2. The Bertz CT molecular complexity index is 1310. The van der Waals surface area contributed by atoms with Gasteiger partial charge in [0.05, 0.1) is 12.3 Å². The molecule has 3 amide bonds. The molecule has 184 valence electrons. The van der Waals surface area contributed by atoms with Gasteiger partial charge in [-0.3, -0.25) is 10.1 Å². The Morgan fingerprint density at radius 1 is 0.917 bits per heavy atom. The van der Waals surface area contributed by atoms with Crippen LogP contribution >= 0.6 is 11.3 Å². The van der Waals surface area contributed by atoms with Crippen molar-refractivity contribution >= 4 is 34.1 Å². The average molecular weight is 502 g/mol. The summed E-state index contributed by atoms with van der Waals surface area (Å²) in [4.78, 5) is 26.1. The van der Waals surface area contributed by atoms with E-state index in [2.05, 4.69) is 26.1 Å². The lowest BCUT2D eigenvalue weighted by atomic mass is 10.1. The van der Waals surface area contributed by atoms with Gasteiger partial charge in [0.2, 0.25) is 11.0 Å². The van der Waals surface area contributed by atoms with Crippen LogP contribution in [0.4, 0.5) is 15.6 Å². The van der Waals surface area contributed by atoms with Crippen LogP contribution in [-0.4, -0.2) is 34.8 Å². The number of rotatable bonds is 9. The molecule has 1 atom stereocenters. The number of nitrogens with one attached hydrogen (secondary N) is 3. The van der Waals surface area contributed by atoms with Gasteiger partial charge in [-0.15, -0.1) is 10.2 Å². The predicted molar refractivity (Wildman–Crippen MR) is 142 cm³/mol. The van der Waals surface area contributed by atoms with E-state index < -0.39 is 18.0 Å². The fraction of sp³-hybridized carbons (Fsp3) is 0.185. The van der Waals surface area contributed by atoms with Gasteiger partial charge in [-0.1, -0.05) is 83.6 Å². The summed E-state index contributed by atoms with van der Waals surface area (Å²) in [5, 5.41) is 17.7. The van der Waals surface area contributed by atoms with Crippen LogP contribution in [0.2, 0.25) is 0 Å². The summed E-state index contributed by atoms with van der Waals surface area (Å²) in [5.74, 6) is 0.162. The van der Waals surface area contributed by atoms with Crippen LogP contribution in [0.25, 0.3) is 10.6 Å². The van der Waals surface area contributed by atoms with Crippen molar-refractivity contribution in [3.63, 3.8) is 0 Å². The second-order valence-electron chi connectivity index (χ2n) is 8.04. The lowest BCUT2D eigenvalue weighted by molar-refractivity contribution is -0.117. The maximum atomic E-state index is 13.2. The molecule has 3 N–H and O–H groups in total. The normalized spacial score (nSPS) is 11.4. The first-order valence-corrected chi connectivity index (χ1v) is 12.4. The van der Waals surface area contributed by atoms with Crippen molar-refractivity contribution in [1.82, 2.24) is 15.5 Å². The van der Waals surface area contributed by atoms with E-state index in [0.29, 0.717) is 34.6 Å². The molecule has 0 aliphatic heterocycles. The van der Waals surface area contributed by atoms with E-state index in [9.17, 15) is 9.59 Å². The highest BCUT2D eigenvalue weighted by atomic mass is 32.1. The van der Waals surface area contributed by atoms with Crippen LogP contribution in [0, 0.1) is 6.92 Å². The molecule has 1 aromatic heterocycles. The summed E-state index contributed by atoms with van der Waals surface area (Å²) in [6.07, 6.45) is 0.302. The molecule has 8 nitrogen and oxygen atoms in total. The third-order valence-electron chi connectivity index (χ3n) is 5.29. The summed E-state index contributed by atoms with van der Waals surface area (Å²) < 4.78 is 5.57. The van der Waals surface area contributed by atoms with E-state index >= 15 is 0 Å². The van der Waals surface area contributed by atoms with Crippen LogP contribution in [0.5, 0.6) is 5.75 Å². The topological polar surface area (TPSA) is 105 Å².